The molecule has 1 aromatic rings. The van der Waals surface area contributed by atoms with E-state index in [9.17, 15) is 4.79 Å². The molecular weight excluding hydrogens is 242 g/mol. The number of rotatable bonds is 1. The minimum absolute atomic E-state index is 0.256. The average molecular weight is 261 g/mol. The van der Waals surface area contributed by atoms with Crippen molar-refractivity contribution >= 4 is 12.3 Å². The Labute approximate surface area is 112 Å². The van der Waals surface area contributed by atoms with E-state index in [4.69, 9.17) is 4.74 Å². The van der Waals surface area contributed by atoms with Gasteiger partial charge in [0, 0.05) is 24.3 Å². The first kappa shape index (κ1) is 12.3. The molecule has 0 aliphatic carbocycles. The summed E-state index contributed by atoms with van der Waals surface area (Å²) in [6.07, 6.45) is 7.34. The summed E-state index contributed by atoms with van der Waals surface area (Å²) in [6, 6.07) is 4.12. The van der Waals surface area contributed by atoms with E-state index in [1.54, 1.807) is 4.90 Å². The summed E-state index contributed by atoms with van der Waals surface area (Å²) in [7, 11) is 0. The lowest BCUT2D eigenvalue weighted by molar-refractivity contribution is 0.0563. The van der Waals surface area contributed by atoms with Crippen LogP contribution in [-0.4, -0.2) is 35.3 Å². The number of piperidine rings is 1. The van der Waals surface area contributed by atoms with Crippen molar-refractivity contribution in [1.29, 1.82) is 0 Å². The van der Waals surface area contributed by atoms with Gasteiger partial charge in [-0.2, -0.15) is 0 Å². The van der Waals surface area contributed by atoms with Crippen LogP contribution in [0, 0.1) is 0 Å². The van der Waals surface area contributed by atoms with Crippen molar-refractivity contribution in [2.45, 2.75) is 25.3 Å². The number of ether oxygens (including phenoxy) is 1. The lowest BCUT2D eigenvalue weighted by atomic mass is 9.83. The number of carbonyl (C=O) groups excluding carboxylic acids is 1. The Bertz CT molecular complexity index is 501. The van der Waals surface area contributed by atoms with Gasteiger partial charge in [-0.25, -0.2) is 4.79 Å². The first-order valence-corrected chi connectivity index (χ1v) is 6.80. The maximum Gasteiger partial charge on any atom is 0.414 e. The van der Waals surface area contributed by atoms with Crippen molar-refractivity contribution in [2.24, 2.45) is 0 Å². The molecular formula is C14H19N3O2. The molecule has 2 aliphatic heterocycles. The van der Waals surface area contributed by atoms with E-state index in [2.05, 4.69) is 16.0 Å². The predicted molar refractivity (Wildman–Crippen MR) is 72.4 cm³/mol. The molecule has 5 nitrogen and oxygen atoms in total. The van der Waals surface area contributed by atoms with Crippen LogP contribution in [0.15, 0.2) is 24.5 Å². The molecule has 102 valence electrons. The molecule has 2 aliphatic rings. The van der Waals surface area contributed by atoms with Crippen LogP contribution in [0.5, 0.6) is 0 Å². The summed E-state index contributed by atoms with van der Waals surface area (Å²) >= 11 is 0. The Kier molecular flexibility index (Phi) is 3.06. The topological polar surface area (TPSA) is 46.5 Å². The molecule has 0 atom stereocenters. The van der Waals surface area contributed by atoms with E-state index in [-0.39, 0.29) is 11.6 Å². The molecule has 0 aromatic carbocycles. The summed E-state index contributed by atoms with van der Waals surface area (Å²) in [6.45, 7) is 4.06. The molecule has 0 saturated carbocycles. The fourth-order valence-electron chi connectivity index (χ4n) is 3.09. The maximum atomic E-state index is 12.2. The number of hydrogen-bond donors (Lipinski definition) is 1. The third kappa shape index (κ3) is 1.85. The standard InChI is InChI=1S/C14H19N3O2/c1-2-19-13(18)17-11-10-16-9-3-4-12(16)14(17)5-7-15-8-6-14/h3-4,9-11,15H,2,5-8H2,1H3. The quantitative estimate of drug-likeness (QED) is 0.840. The van der Waals surface area contributed by atoms with E-state index in [0.29, 0.717) is 6.61 Å². The van der Waals surface area contributed by atoms with Crippen LogP contribution < -0.4 is 5.32 Å². The van der Waals surface area contributed by atoms with Crippen molar-refractivity contribution in [3.63, 3.8) is 0 Å². The van der Waals surface area contributed by atoms with Gasteiger partial charge in [0.05, 0.1) is 12.1 Å². The van der Waals surface area contributed by atoms with Crippen molar-refractivity contribution in [1.82, 2.24) is 14.8 Å². The number of amides is 1. The molecule has 1 amide bonds. The number of carbonyl (C=O) groups is 1. The van der Waals surface area contributed by atoms with Crippen molar-refractivity contribution in [2.75, 3.05) is 19.7 Å². The van der Waals surface area contributed by atoms with Gasteiger partial charge in [-0.05, 0) is 45.0 Å². The van der Waals surface area contributed by atoms with E-state index >= 15 is 0 Å². The minimum Gasteiger partial charge on any atom is -0.449 e. The summed E-state index contributed by atoms with van der Waals surface area (Å²) < 4.78 is 7.30. The van der Waals surface area contributed by atoms with Crippen LogP contribution in [0.25, 0.3) is 6.20 Å². The number of hydrogen-bond acceptors (Lipinski definition) is 3. The van der Waals surface area contributed by atoms with Crippen LogP contribution >= 0.6 is 0 Å². The average Bonchev–Trinajstić information content (AvgIpc) is 2.90. The highest BCUT2D eigenvalue weighted by molar-refractivity contribution is 5.72. The highest BCUT2D eigenvalue weighted by Crippen LogP contribution is 2.40. The van der Waals surface area contributed by atoms with E-state index < -0.39 is 0 Å². The highest BCUT2D eigenvalue weighted by atomic mass is 16.6. The molecule has 1 N–H and O–H groups in total. The summed E-state index contributed by atoms with van der Waals surface area (Å²) in [5.41, 5.74) is 0.903. The molecule has 0 bridgehead atoms. The number of nitrogens with zero attached hydrogens (tertiary/aromatic N) is 2. The molecule has 3 heterocycles. The zero-order chi connectivity index (χ0) is 13.3. The van der Waals surface area contributed by atoms with Gasteiger partial charge in [0.15, 0.2) is 0 Å². The van der Waals surface area contributed by atoms with Gasteiger partial charge in [0.25, 0.3) is 0 Å². The van der Waals surface area contributed by atoms with Crippen molar-refractivity contribution < 1.29 is 9.53 Å². The zero-order valence-corrected chi connectivity index (χ0v) is 11.1. The Morgan fingerprint density at radius 1 is 1.42 bits per heavy atom. The Hall–Kier alpha value is -1.75. The van der Waals surface area contributed by atoms with Crippen LogP contribution in [0.4, 0.5) is 4.79 Å². The van der Waals surface area contributed by atoms with Crippen LogP contribution in [-0.2, 0) is 10.3 Å². The van der Waals surface area contributed by atoms with Gasteiger partial charge < -0.3 is 14.6 Å². The summed E-state index contributed by atoms with van der Waals surface area (Å²) in [5, 5.41) is 3.36. The summed E-state index contributed by atoms with van der Waals surface area (Å²) in [4.78, 5) is 14.0. The molecule has 19 heavy (non-hydrogen) atoms. The SMILES string of the molecule is CCOC(=O)N1C=Cn2cccc2C12CCNCC2. The predicted octanol–water partition coefficient (Wildman–Crippen LogP) is 1.97. The van der Waals surface area contributed by atoms with E-state index in [1.807, 2.05) is 31.6 Å². The third-order valence-corrected chi connectivity index (χ3v) is 3.99. The first-order valence-electron chi connectivity index (χ1n) is 6.80. The number of aromatic nitrogens is 1. The van der Waals surface area contributed by atoms with Gasteiger partial charge in [-0.15, -0.1) is 0 Å². The highest BCUT2D eigenvalue weighted by Gasteiger charge is 2.45. The van der Waals surface area contributed by atoms with Crippen molar-refractivity contribution in [3.05, 3.63) is 30.2 Å². The van der Waals surface area contributed by atoms with Crippen LogP contribution in [0.2, 0.25) is 0 Å². The second-order valence-corrected chi connectivity index (χ2v) is 4.95. The Balaban J connectivity index is 2.02. The second kappa shape index (κ2) is 4.74. The van der Waals surface area contributed by atoms with E-state index in [1.165, 1.54) is 5.69 Å². The monoisotopic (exact) mass is 261 g/mol. The molecule has 0 radical (unpaired) electrons. The zero-order valence-electron chi connectivity index (χ0n) is 11.1. The summed E-state index contributed by atoms with van der Waals surface area (Å²) in [5.74, 6) is 0. The Morgan fingerprint density at radius 2 is 2.21 bits per heavy atom. The third-order valence-electron chi connectivity index (χ3n) is 3.99. The van der Waals surface area contributed by atoms with Gasteiger partial charge in [0.2, 0.25) is 0 Å². The lowest BCUT2D eigenvalue weighted by Crippen LogP contribution is -2.54. The number of nitrogens with one attached hydrogen (secondary N) is 1. The lowest BCUT2D eigenvalue weighted by Gasteiger charge is -2.46. The normalized spacial score (nSPS) is 20.4. The van der Waals surface area contributed by atoms with Gasteiger partial charge in [-0.3, -0.25) is 4.90 Å². The Morgan fingerprint density at radius 3 is 2.95 bits per heavy atom. The van der Waals surface area contributed by atoms with Crippen LogP contribution in [0.1, 0.15) is 25.5 Å². The second-order valence-electron chi connectivity index (χ2n) is 4.95. The van der Waals surface area contributed by atoms with E-state index in [0.717, 1.165) is 25.9 Å². The number of fused-ring (bicyclic) bond motifs is 2. The van der Waals surface area contributed by atoms with Gasteiger partial charge in [-0.1, -0.05) is 0 Å². The maximum absolute atomic E-state index is 12.2. The largest absolute Gasteiger partial charge is 0.449 e. The fraction of sp³-hybridized carbons (Fsp3) is 0.500. The molecule has 5 heteroatoms. The molecule has 1 saturated heterocycles. The molecule has 1 fully saturated rings. The molecule has 3 rings (SSSR count). The molecule has 0 unspecified atom stereocenters. The first-order chi connectivity index (χ1) is 9.28. The van der Waals surface area contributed by atoms with Gasteiger partial charge >= 0.3 is 6.09 Å². The molecule has 1 aromatic heterocycles. The van der Waals surface area contributed by atoms with Gasteiger partial charge in [0.1, 0.15) is 0 Å². The minimum atomic E-state index is -0.268. The fourth-order valence-corrected chi connectivity index (χ4v) is 3.09. The van der Waals surface area contributed by atoms with Crippen molar-refractivity contribution in [3.8, 4) is 0 Å². The van der Waals surface area contributed by atoms with Crippen LogP contribution in [0.3, 0.4) is 0 Å². The molecule has 1 spiro atoms. The smallest absolute Gasteiger partial charge is 0.414 e.